The van der Waals surface area contributed by atoms with E-state index in [0.29, 0.717) is 0 Å². The van der Waals surface area contributed by atoms with Crippen LogP contribution < -0.4 is 0 Å². The van der Waals surface area contributed by atoms with Gasteiger partial charge in [-0.1, -0.05) is 52.3 Å². The molecule has 4 amide bonds. The van der Waals surface area contributed by atoms with Crippen molar-refractivity contribution in [3.8, 4) is 0 Å². The van der Waals surface area contributed by atoms with Gasteiger partial charge in [-0.15, -0.1) is 0 Å². The maximum Gasteiger partial charge on any atom is 0.334 e. The van der Waals surface area contributed by atoms with E-state index in [1.54, 1.807) is 60.7 Å². The van der Waals surface area contributed by atoms with Crippen molar-refractivity contribution in [2.75, 3.05) is 5.75 Å². The average Bonchev–Trinajstić information content (AvgIpc) is 3.10. The molecule has 9 heteroatoms. The first kappa shape index (κ1) is 18.8. The molecule has 28 heavy (non-hydrogen) atoms. The molecule has 0 saturated carbocycles. The second kappa shape index (κ2) is 6.82. The first-order valence-electron chi connectivity index (χ1n) is 8.50. The number of benzene rings is 2. The van der Waals surface area contributed by atoms with Gasteiger partial charge in [0, 0.05) is 11.1 Å². The highest BCUT2D eigenvalue weighted by Gasteiger charge is 2.62. The van der Waals surface area contributed by atoms with E-state index >= 15 is 0 Å². The third kappa shape index (κ3) is 2.85. The molecule has 0 radical (unpaired) electrons. The molecule has 4 rings (SSSR count). The molecule has 2 heterocycles. The van der Waals surface area contributed by atoms with E-state index in [1.807, 2.05) is 0 Å². The van der Waals surface area contributed by atoms with Crippen molar-refractivity contribution in [2.24, 2.45) is 0 Å². The summed E-state index contributed by atoms with van der Waals surface area (Å²) in [5, 5.41) is 0. The molecule has 2 fully saturated rings. The van der Waals surface area contributed by atoms with Gasteiger partial charge in [0.05, 0.1) is 17.8 Å². The molecule has 0 bridgehead atoms. The van der Waals surface area contributed by atoms with Gasteiger partial charge in [0.2, 0.25) is 0 Å². The number of fused-ring (bicyclic) bond motifs is 1. The van der Waals surface area contributed by atoms with Crippen LogP contribution in [0.1, 0.15) is 20.7 Å². The summed E-state index contributed by atoms with van der Waals surface area (Å²) in [5.74, 6) is -1.65. The van der Waals surface area contributed by atoms with Crippen molar-refractivity contribution in [3.05, 3.63) is 71.8 Å². The van der Waals surface area contributed by atoms with Gasteiger partial charge < -0.3 is 0 Å². The lowest BCUT2D eigenvalue weighted by molar-refractivity contribution is 0.0773. The zero-order valence-corrected chi connectivity index (χ0v) is 16.8. The molecule has 7 nitrogen and oxygen atoms in total. The summed E-state index contributed by atoms with van der Waals surface area (Å²) in [6.45, 7) is 0. The Labute approximate surface area is 170 Å². The van der Waals surface area contributed by atoms with Crippen LogP contribution >= 0.6 is 15.9 Å². The summed E-state index contributed by atoms with van der Waals surface area (Å²) < 4.78 is 23.8. The second-order valence-corrected chi connectivity index (χ2v) is 10.4. The molecular weight excluding hydrogens is 448 g/mol. The van der Waals surface area contributed by atoms with Crippen molar-refractivity contribution in [2.45, 2.75) is 16.2 Å². The number of urea groups is 1. The van der Waals surface area contributed by atoms with Gasteiger partial charge in [-0.25, -0.2) is 13.2 Å². The predicted octanol–water partition coefficient (Wildman–Crippen LogP) is 2.29. The summed E-state index contributed by atoms with van der Waals surface area (Å²) >= 11 is 3.14. The van der Waals surface area contributed by atoms with Crippen LogP contribution in [0.25, 0.3) is 0 Å². The van der Waals surface area contributed by atoms with E-state index in [1.165, 1.54) is 0 Å². The van der Waals surface area contributed by atoms with Crippen LogP contribution in [-0.2, 0) is 9.84 Å². The van der Waals surface area contributed by atoms with E-state index in [2.05, 4.69) is 15.9 Å². The van der Waals surface area contributed by atoms with Crippen LogP contribution in [0.15, 0.2) is 60.7 Å². The van der Waals surface area contributed by atoms with Crippen LogP contribution in [0.5, 0.6) is 0 Å². The Kier molecular flexibility index (Phi) is 4.59. The molecule has 3 unspecified atom stereocenters. The third-order valence-electron chi connectivity index (χ3n) is 4.93. The van der Waals surface area contributed by atoms with Crippen LogP contribution in [0.2, 0.25) is 0 Å². The Bertz CT molecular complexity index is 1060. The summed E-state index contributed by atoms with van der Waals surface area (Å²) in [7, 11) is -3.63. The summed E-state index contributed by atoms with van der Waals surface area (Å²) in [4.78, 5) is 40.9. The molecule has 3 atom stereocenters. The smallest absolute Gasteiger partial charge is 0.269 e. The molecule has 144 valence electrons. The third-order valence-corrected chi connectivity index (χ3v) is 8.95. The number of carbonyl (C=O) groups is 3. The van der Waals surface area contributed by atoms with Gasteiger partial charge >= 0.3 is 6.03 Å². The van der Waals surface area contributed by atoms with Crippen molar-refractivity contribution in [1.29, 1.82) is 0 Å². The number of halogens is 1. The second-order valence-electron chi connectivity index (χ2n) is 6.60. The molecule has 2 aromatic rings. The minimum atomic E-state index is -3.63. The van der Waals surface area contributed by atoms with Crippen molar-refractivity contribution >= 4 is 43.6 Å². The quantitative estimate of drug-likeness (QED) is 0.504. The number of rotatable bonds is 2. The highest BCUT2D eigenvalue weighted by molar-refractivity contribution is 9.11. The molecule has 0 N–H and O–H groups in total. The van der Waals surface area contributed by atoms with Crippen molar-refractivity contribution in [1.82, 2.24) is 9.80 Å². The topological polar surface area (TPSA) is 91.8 Å². The number of sulfone groups is 1. The van der Waals surface area contributed by atoms with Gasteiger partial charge in [-0.3, -0.25) is 19.4 Å². The molecule has 0 aliphatic carbocycles. The Morgan fingerprint density at radius 3 is 1.82 bits per heavy atom. The largest absolute Gasteiger partial charge is 0.334 e. The maximum absolute atomic E-state index is 13.1. The number of hydrogen-bond acceptors (Lipinski definition) is 5. The maximum atomic E-state index is 13.1. The van der Waals surface area contributed by atoms with Crippen molar-refractivity contribution < 1.29 is 22.8 Å². The minimum Gasteiger partial charge on any atom is -0.269 e. The first-order chi connectivity index (χ1) is 13.3. The highest BCUT2D eigenvalue weighted by atomic mass is 79.9. The molecule has 2 aliphatic heterocycles. The fourth-order valence-corrected chi connectivity index (χ4v) is 6.40. The molecule has 2 saturated heterocycles. The molecule has 0 aromatic heterocycles. The van der Waals surface area contributed by atoms with Gasteiger partial charge in [0.1, 0.15) is 4.16 Å². The van der Waals surface area contributed by atoms with E-state index in [4.69, 9.17) is 0 Å². The van der Waals surface area contributed by atoms with Crippen LogP contribution in [0, 0.1) is 0 Å². The average molecular weight is 463 g/mol. The normalized spacial score (nSPS) is 25.6. The number of hydrogen-bond donors (Lipinski definition) is 0. The fourth-order valence-electron chi connectivity index (χ4n) is 3.62. The monoisotopic (exact) mass is 462 g/mol. The van der Waals surface area contributed by atoms with E-state index in [0.717, 1.165) is 9.80 Å². The van der Waals surface area contributed by atoms with E-state index < -0.39 is 49.7 Å². The van der Waals surface area contributed by atoms with E-state index in [9.17, 15) is 22.8 Å². The zero-order chi connectivity index (χ0) is 20.1. The zero-order valence-electron chi connectivity index (χ0n) is 14.4. The number of imide groups is 2. The Morgan fingerprint density at radius 2 is 1.32 bits per heavy atom. The van der Waals surface area contributed by atoms with Crippen LogP contribution in [0.3, 0.4) is 0 Å². The summed E-state index contributed by atoms with van der Waals surface area (Å²) in [6, 6.07) is 13.5. The molecule has 2 aliphatic rings. The minimum absolute atomic E-state index is 0.243. The molecular formula is C19H15BrN2O5S. The summed E-state index contributed by atoms with van der Waals surface area (Å²) in [5.41, 5.74) is 0.492. The van der Waals surface area contributed by atoms with Gasteiger partial charge in [-0.2, -0.15) is 0 Å². The van der Waals surface area contributed by atoms with Crippen LogP contribution in [0.4, 0.5) is 4.79 Å². The van der Waals surface area contributed by atoms with Gasteiger partial charge in [0.25, 0.3) is 11.8 Å². The summed E-state index contributed by atoms with van der Waals surface area (Å²) in [6.07, 6.45) is 0. The number of carbonyl (C=O) groups excluding carboxylic acids is 3. The van der Waals surface area contributed by atoms with E-state index in [-0.39, 0.29) is 11.1 Å². The standard InChI is InChI=1S/C19H15BrN2O5S/c20-16-15-14(11-28(16,26)27)21(17(23)12-7-3-1-4-8-12)19(25)22(15)18(24)13-9-5-2-6-10-13/h1-10,14-16H,11H2. The lowest BCUT2D eigenvalue weighted by Crippen LogP contribution is -2.45. The highest BCUT2D eigenvalue weighted by Crippen LogP contribution is 2.40. The lowest BCUT2D eigenvalue weighted by atomic mass is 10.1. The number of nitrogens with zero attached hydrogens (tertiary/aromatic N) is 2. The number of alkyl halides is 1. The predicted molar refractivity (Wildman–Crippen MR) is 105 cm³/mol. The van der Waals surface area contributed by atoms with Gasteiger partial charge in [-0.05, 0) is 24.3 Å². The molecule has 0 spiro atoms. The van der Waals surface area contributed by atoms with Crippen LogP contribution in [-0.4, -0.2) is 58.1 Å². The van der Waals surface area contributed by atoms with Gasteiger partial charge in [0.15, 0.2) is 9.84 Å². The SMILES string of the molecule is O=C(c1ccccc1)N1C(=O)N(C(=O)c2ccccc2)C2C1CS(=O)(=O)C2Br. The first-order valence-corrected chi connectivity index (χ1v) is 11.1. The Morgan fingerprint density at radius 1 is 0.857 bits per heavy atom. The fraction of sp³-hybridized carbons (Fsp3) is 0.211. The van der Waals surface area contributed by atoms with Crippen molar-refractivity contribution in [3.63, 3.8) is 0 Å². The lowest BCUT2D eigenvalue weighted by Gasteiger charge is -2.22. The molecule has 2 aromatic carbocycles. The Hall–Kier alpha value is -2.52. The Balaban J connectivity index is 1.78. The number of amides is 4.